The van der Waals surface area contributed by atoms with Crippen molar-refractivity contribution in [1.82, 2.24) is 0 Å². The van der Waals surface area contributed by atoms with Gasteiger partial charge in [0.2, 0.25) is 12.2 Å². The Morgan fingerprint density at radius 3 is 1.06 bits per heavy atom. The SMILES string of the molecule is CC(C)c1ccc(C(C)C)cc1.N=C=O.N=C=O. The summed E-state index contributed by atoms with van der Waals surface area (Å²) < 4.78 is 0. The molecule has 0 unspecified atom stereocenters. The molecule has 1 aromatic carbocycles. The molecular weight excluding hydrogens is 228 g/mol. The Morgan fingerprint density at radius 2 is 0.944 bits per heavy atom. The van der Waals surface area contributed by atoms with Gasteiger partial charge in [-0.25, -0.2) is 20.4 Å². The van der Waals surface area contributed by atoms with Gasteiger partial charge in [0.1, 0.15) is 0 Å². The third-order valence-corrected chi connectivity index (χ3v) is 2.27. The van der Waals surface area contributed by atoms with Crippen LogP contribution in [0.15, 0.2) is 24.3 Å². The minimum absolute atomic E-state index is 0.645. The first-order valence-electron chi connectivity index (χ1n) is 5.62. The maximum atomic E-state index is 8.35. The van der Waals surface area contributed by atoms with Gasteiger partial charge < -0.3 is 0 Å². The second-order valence-corrected chi connectivity index (χ2v) is 4.18. The molecule has 0 radical (unpaired) electrons. The molecule has 0 bridgehead atoms. The summed E-state index contributed by atoms with van der Waals surface area (Å²) in [6.45, 7) is 8.91. The number of hydrogen-bond acceptors (Lipinski definition) is 4. The van der Waals surface area contributed by atoms with Crippen LogP contribution >= 0.6 is 0 Å². The van der Waals surface area contributed by atoms with E-state index in [-0.39, 0.29) is 0 Å². The van der Waals surface area contributed by atoms with E-state index in [4.69, 9.17) is 20.4 Å². The maximum Gasteiger partial charge on any atom is 0.231 e. The van der Waals surface area contributed by atoms with Crippen molar-refractivity contribution in [1.29, 1.82) is 10.8 Å². The highest BCUT2D eigenvalue weighted by Crippen LogP contribution is 2.18. The van der Waals surface area contributed by atoms with Gasteiger partial charge in [-0.15, -0.1) is 0 Å². The molecule has 0 aromatic heterocycles. The lowest BCUT2D eigenvalue weighted by molar-refractivity contribution is 0.562. The van der Waals surface area contributed by atoms with Gasteiger partial charge >= 0.3 is 0 Å². The standard InChI is InChI=1S/C12H18.2CHNO/c1-9(2)11-5-7-12(8-6-11)10(3)4;2*2-1-3/h5-10H,1-4H3;2*2H. The molecule has 4 nitrogen and oxygen atoms in total. The van der Waals surface area contributed by atoms with E-state index >= 15 is 0 Å². The van der Waals surface area contributed by atoms with Crippen LogP contribution in [0.25, 0.3) is 0 Å². The highest BCUT2D eigenvalue weighted by molar-refractivity contribution is 5.27. The number of isocyanates is 2. The molecule has 0 saturated carbocycles. The van der Waals surface area contributed by atoms with Crippen LogP contribution in [0.4, 0.5) is 0 Å². The minimum atomic E-state index is 0.645. The predicted octanol–water partition coefficient (Wildman–Crippen LogP) is 3.74. The zero-order valence-electron chi connectivity index (χ0n) is 11.3. The molecule has 0 aliphatic rings. The van der Waals surface area contributed by atoms with Crippen molar-refractivity contribution >= 4 is 12.2 Å². The molecule has 1 aromatic rings. The minimum Gasteiger partial charge on any atom is -0.222 e. The van der Waals surface area contributed by atoms with Gasteiger partial charge in [0.05, 0.1) is 0 Å². The molecule has 2 N–H and O–H groups in total. The van der Waals surface area contributed by atoms with Crippen LogP contribution in [-0.4, -0.2) is 12.2 Å². The van der Waals surface area contributed by atoms with Crippen molar-refractivity contribution in [3.8, 4) is 0 Å². The quantitative estimate of drug-likeness (QED) is 0.617. The van der Waals surface area contributed by atoms with E-state index in [1.807, 2.05) is 0 Å². The summed E-state index contributed by atoms with van der Waals surface area (Å²) in [5.74, 6) is 1.29. The number of benzene rings is 1. The predicted molar refractivity (Wildman–Crippen MR) is 71.4 cm³/mol. The lowest BCUT2D eigenvalue weighted by atomic mass is 9.97. The Morgan fingerprint density at radius 1 is 0.778 bits per heavy atom. The van der Waals surface area contributed by atoms with Crippen molar-refractivity contribution in [2.45, 2.75) is 39.5 Å². The summed E-state index contributed by atoms with van der Waals surface area (Å²) in [5.41, 5.74) is 2.86. The topological polar surface area (TPSA) is 81.8 Å². The lowest BCUT2D eigenvalue weighted by Crippen LogP contribution is -1.90. The van der Waals surface area contributed by atoms with E-state index in [0.29, 0.717) is 11.8 Å². The number of nitrogens with one attached hydrogen (secondary N) is 2. The smallest absolute Gasteiger partial charge is 0.222 e. The fourth-order valence-electron chi connectivity index (χ4n) is 1.27. The molecule has 4 heteroatoms. The van der Waals surface area contributed by atoms with E-state index in [2.05, 4.69) is 52.0 Å². The maximum absolute atomic E-state index is 8.35. The number of carbonyl (C=O) groups excluding carboxylic acids is 2. The first-order chi connectivity index (χ1) is 8.44. The van der Waals surface area contributed by atoms with E-state index in [9.17, 15) is 0 Å². The van der Waals surface area contributed by atoms with Gasteiger partial charge in [-0.05, 0) is 23.0 Å². The van der Waals surface area contributed by atoms with Crippen molar-refractivity contribution in [2.75, 3.05) is 0 Å². The summed E-state index contributed by atoms with van der Waals surface area (Å²) in [7, 11) is 0. The molecule has 0 amide bonds. The molecule has 18 heavy (non-hydrogen) atoms. The second-order valence-electron chi connectivity index (χ2n) is 4.18. The Kier molecular flexibility index (Phi) is 11.7. The molecule has 0 saturated heterocycles. The van der Waals surface area contributed by atoms with E-state index < -0.39 is 0 Å². The van der Waals surface area contributed by atoms with E-state index in [1.165, 1.54) is 11.1 Å². The summed E-state index contributed by atoms with van der Waals surface area (Å²) in [6.07, 6.45) is 1.50. The van der Waals surface area contributed by atoms with Crippen LogP contribution in [0, 0.1) is 10.8 Å². The van der Waals surface area contributed by atoms with Crippen LogP contribution in [0.2, 0.25) is 0 Å². The molecule has 1 rings (SSSR count). The second kappa shape index (κ2) is 11.5. The molecule has 0 fully saturated rings. The van der Waals surface area contributed by atoms with Gasteiger partial charge in [0.25, 0.3) is 0 Å². The first-order valence-corrected chi connectivity index (χ1v) is 5.62. The number of rotatable bonds is 2. The third kappa shape index (κ3) is 9.22. The highest BCUT2D eigenvalue weighted by Gasteiger charge is 2.00. The average Bonchev–Trinajstić information content (AvgIpc) is 2.31. The molecule has 0 aliphatic heterocycles. The summed E-state index contributed by atoms with van der Waals surface area (Å²) in [6, 6.07) is 8.94. The third-order valence-electron chi connectivity index (χ3n) is 2.27. The van der Waals surface area contributed by atoms with E-state index in [1.54, 1.807) is 0 Å². The van der Waals surface area contributed by atoms with Crippen molar-refractivity contribution < 1.29 is 9.59 Å². The summed E-state index contributed by atoms with van der Waals surface area (Å²) in [4.78, 5) is 16.7. The summed E-state index contributed by atoms with van der Waals surface area (Å²) >= 11 is 0. The van der Waals surface area contributed by atoms with Gasteiger partial charge in [-0.1, -0.05) is 52.0 Å². The zero-order valence-corrected chi connectivity index (χ0v) is 11.3. The fourth-order valence-corrected chi connectivity index (χ4v) is 1.27. The monoisotopic (exact) mass is 248 g/mol. The Labute approximate surface area is 108 Å². The van der Waals surface area contributed by atoms with Crippen molar-refractivity contribution in [3.05, 3.63) is 35.4 Å². The summed E-state index contributed by atoms with van der Waals surface area (Å²) in [5, 5.41) is 10.8. The van der Waals surface area contributed by atoms with Gasteiger partial charge in [-0.2, -0.15) is 0 Å². The van der Waals surface area contributed by atoms with Crippen LogP contribution < -0.4 is 0 Å². The van der Waals surface area contributed by atoms with Crippen molar-refractivity contribution in [2.24, 2.45) is 0 Å². The zero-order chi connectivity index (χ0) is 14.6. The normalized spacial score (nSPS) is 8.33. The first kappa shape index (κ1) is 18.3. The molecule has 0 aliphatic carbocycles. The average molecular weight is 248 g/mol. The number of hydrogen-bond donors (Lipinski definition) is 2. The van der Waals surface area contributed by atoms with Crippen molar-refractivity contribution in [3.63, 3.8) is 0 Å². The molecular formula is C14H20N2O2. The van der Waals surface area contributed by atoms with E-state index in [0.717, 1.165) is 12.2 Å². The fraction of sp³-hybridized carbons (Fsp3) is 0.429. The van der Waals surface area contributed by atoms with Gasteiger partial charge in [0.15, 0.2) is 0 Å². The Balaban J connectivity index is 0. The van der Waals surface area contributed by atoms with Gasteiger partial charge in [-0.3, -0.25) is 0 Å². The highest BCUT2D eigenvalue weighted by atomic mass is 16.1. The van der Waals surface area contributed by atoms with Crippen LogP contribution in [0.5, 0.6) is 0 Å². The van der Waals surface area contributed by atoms with Crippen LogP contribution in [0.3, 0.4) is 0 Å². The Bertz CT molecular complexity index is 344. The Hall–Kier alpha value is -2.02. The molecule has 0 spiro atoms. The molecule has 98 valence electrons. The largest absolute Gasteiger partial charge is 0.231 e. The van der Waals surface area contributed by atoms with Gasteiger partial charge in [0, 0.05) is 0 Å². The van der Waals surface area contributed by atoms with Crippen LogP contribution in [-0.2, 0) is 9.59 Å². The lowest BCUT2D eigenvalue weighted by Gasteiger charge is -2.08. The molecule has 0 heterocycles. The van der Waals surface area contributed by atoms with Crippen LogP contribution in [0.1, 0.15) is 50.7 Å². The molecule has 0 atom stereocenters.